The molecule has 2 atom stereocenters. The molecule has 2 aliphatic heterocycles. The van der Waals surface area contributed by atoms with Gasteiger partial charge in [-0.15, -0.1) is 0 Å². The van der Waals surface area contributed by atoms with E-state index in [0.717, 1.165) is 37.1 Å². The van der Waals surface area contributed by atoms with Gasteiger partial charge in [0.2, 0.25) is 0 Å². The van der Waals surface area contributed by atoms with Gasteiger partial charge in [0.25, 0.3) is 0 Å². The standard InChI is InChI=1S/C16H21F3N2/c1-3-4-10-7-11-12-9-20-6-5-14(12)21(2)15(11)13(8-10)16(17,18)19/h7-8,12,14,20H,3-6,9H2,1-2H3/t12-,14-/m0/s1. The Bertz CT molecular complexity index is 539. The molecule has 0 unspecified atom stereocenters. The van der Waals surface area contributed by atoms with E-state index in [1.807, 2.05) is 24.9 Å². The molecule has 1 fully saturated rings. The monoisotopic (exact) mass is 298 g/mol. The van der Waals surface area contributed by atoms with E-state index in [-0.39, 0.29) is 12.0 Å². The highest BCUT2D eigenvalue weighted by atomic mass is 19.4. The molecule has 0 amide bonds. The highest BCUT2D eigenvalue weighted by molar-refractivity contribution is 5.68. The summed E-state index contributed by atoms with van der Waals surface area (Å²) in [5.74, 6) is 0.177. The van der Waals surface area contributed by atoms with Gasteiger partial charge in [-0.1, -0.05) is 19.4 Å². The van der Waals surface area contributed by atoms with Crippen LogP contribution in [-0.4, -0.2) is 26.2 Å². The number of benzene rings is 1. The summed E-state index contributed by atoms with van der Waals surface area (Å²) in [5.41, 5.74) is 1.64. The quantitative estimate of drug-likeness (QED) is 0.898. The van der Waals surface area contributed by atoms with E-state index in [2.05, 4.69) is 5.32 Å². The van der Waals surface area contributed by atoms with Crippen molar-refractivity contribution >= 4 is 5.69 Å². The molecule has 0 spiro atoms. The van der Waals surface area contributed by atoms with E-state index in [4.69, 9.17) is 0 Å². The Balaban J connectivity index is 2.15. The fraction of sp³-hybridized carbons (Fsp3) is 0.625. The minimum Gasteiger partial charge on any atom is -0.370 e. The molecule has 3 rings (SSSR count). The van der Waals surface area contributed by atoms with E-state index in [1.165, 1.54) is 6.07 Å². The van der Waals surface area contributed by atoms with Crippen molar-refractivity contribution in [2.24, 2.45) is 0 Å². The van der Waals surface area contributed by atoms with Crippen molar-refractivity contribution in [2.75, 3.05) is 25.0 Å². The number of rotatable bonds is 2. The summed E-state index contributed by atoms with van der Waals surface area (Å²) < 4.78 is 40.4. The van der Waals surface area contributed by atoms with Crippen LogP contribution in [0, 0.1) is 0 Å². The van der Waals surface area contributed by atoms with Crippen molar-refractivity contribution in [1.29, 1.82) is 0 Å². The first-order chi connectivity index (χ1) is 9.93. The smallest absolute Gasteiger partial charge is 0.370 e. The molecule has 1 saturated heterocycles. The minimum atomic E-state index is -4.29. The lowest BCUT2D eigenvalue weighted by Gasteiger charge is -2.31. The fourth-order valence-electron chi connectivity index (χ4n) is 3.84. The fourth-order valence-corrected chi connectivity index (χ4v) is 3.84. The predicted molar refractivity (Wildman–Crippen MR) is 77.9 cm³/mol. The zero-order valence-corrected chi connectivity index (χ0v) is 12.4. The Labute approximate surface area is 123 Å². The molecule has 2 aliphatic rings. The number of aryl methyl sites for hydroxylation is 1. The molecular formula is C16H21F3N2. The maximum Gasteiger partial charge on any atom is 0.418 e. The molecule has 2 heterocycles. The van der Waals surface area contributed by atoms with Crippen LogP contribution in [0.25, 0.3) is 0 Å². The van der Waals surface area contributed by atoms with Crippen LogP contribution in [0.3, 0.4) is 0 Å². The van der Waals surface area contributed by atoms with Crippen molar-refractivity contribution in [1.82, 2.24) is 5.32 Å². The maximum absolute atomic E-state index is 13.5. The van der Waals surface area contributed by atoms with Crippen LogP contribution < -0.4 is 10.2 Å². The zero-order valence-electron chi connectivity index (χ0n) is 12.4. The van der Waals surface area contributed by atoms with Gasteiger partial charge < -0.3 is 10.2 Å². The summed E-state index contributed by atoms with van der Waals surface area (Å²) in [4.78, 5) is 1.86. The van der Waals surface area contributed by atoms with Crippen LogP contribution in [0.1, 0.15) is 42.4 Å². The molecule has 0 bridgehead atoms. The SMILES string of the molecule is CCCc1cc2c(c(C(F)(F)F)c1)N(C)[C@H]1CCNC[C@@H]21. The second-order valence-corrected chi connectivity index (χ2v) is 6.11. The highest BCUT2D eigenvalue weighted by Gasteiger charge is 2.44. The van der Waals surface area contributed by atoms with Crippen LogP contribution in [0.5, 0.6) is 0 Å². The van der Waals surface area contributed by atoms with E-state index in [0.29, 0.717) is 12.1 Å². The number of hydrogen-bond donors (Lipinski definition) is 1. The average molecular weight is 298 g/mol. The molecule has 0 saturated carbocycles. The van der Waals surface area contributed by atoms with E-state index in [1.54, 1.807) is 0 Å². The normalized spacial score (nSPS) is 24.9. The molecule has 0 aliphatic carbocycles. The lowest BCUT2D eigenvalue weighted by molar-refractivity contribution is -0.137. The Morgan fingerprint density at radius 2 is 2.10 bits per heavy atom. The van der Waals surface area contributed by atoms with E-state index >= 15 is 0 Å². The number of nitrogens with zero attached hydrogens (tertiary/aromatic N) is 1. The first kappa shape index (κ1) is 14.7. The summed E-state index contributed by atoms with van der Waals surface area (Å²) in [6.07, 6.45) is -1.83. The lowest BCUT2D eigenvalue weighted by atomic mass is 9.88. The van der Waals surface area contributed by atoms with E-state index < -0.39 is 11.7 Å². The summed E-state index contributed by atoms with van der Waals surface area (Å²) in [5, 5.41) is 3.32. The van der Waals surface area contributed by atoms with Crippen LogP contribution >= 0.6 is 0 Å². The van der Waals surface area contributed by atoms with Gasteiger partial charge in [0.05, 0.1) is 11.3 Å². The maximum atomic E-state index is 13.5. The number of anilines is 1. The van der Waals surface area contributed by atoms with Crippen LogP contribution in [0.2, 0.25) is 0 Å². The molecule has 1 N–H and O–H groups in total. The number of nitrogens with one attached hydrogen (secondary N) is 1. The van der Waals surface area contributed by atoms with Crippen molar-refractivity contribution in [3.63, 3.8) is 0 Å². The Morgan fingerprint density at radius 1 is 1.33 bits per heavy atom. The Morgan fingerprint density at radius 3 is 2.76 bits per heavy atom. The molecule has 2 nitrogen and oxygen atoms in total. The first-order valence-electron chi connectivity index (χ1n) is 7.61. The highest BCUT2D eigenvalue weighted by Crippen LogP contribution is 2.49. The van der Waals surface area contributed by atoms with Gasteiger partial charge in [-0.25, -0.2) is 0 Å². The molecular weight excluding hydrogens is 277 g/mol. The molecule has 1 aromatic carbocycles. The van der Waals surface area contributed by atoms with Gasteiger partial charge in [-0.3, -0.25) is 0 Å². The Hall–Kier alpha value is -1.23. The minimum absolute atomic E-state index is 0.177. The third kappa shape index (κ3) is 2.41. The van der Waals surface area contributed by atoms with Gasteiger partial charge in [0.15, 0.2) is 0 Å². The van der Waals surface area contributed by atoms with Crippen molar-refractivity contribution in [3.8, 4) is 0 Å². The summed E-state index contributed by atoms with van der Waals surface area (Å²) in [7, 11) is 1.81. The van der Waals surface area contributed by atoms with Crippen LogP contribution in [0.4, 0.5) is 18.9 Å². The van der Waals surface area contributed by atoms with Gasteiger partial charge in [-0.05, 0) is 36.6 Å². The Kier molecular flexibility index (Phi) is 3.64. The second-order valence-electron chi connectivity index (χ2n) is 6.11. The third-order valence-electron chi connectivity index (χ3n) is 4.74. The molecule has 21 heavy (non-hydrogen) atoms. The average Bonchev–Trinajstić information content (AvgIpc) is 2.72. The number of halogens is 3. The largest absolute Gasteiger partial charge is 0.418 e. The second kappa shape index (κ2) is 5.20. The predicted octanol–water partition coefficient (Wildman–Crippen LogP) is 3.55. The molecule has 0 radical (unpaired) electrons. The van der Waals surface area contributed by atoms with Crippen LogP contribution in [-0.2, 0) is 12.6 Å². The summed E-state index contributed by atoms with van der Waals surface area (Å²) in [6.45, 7) is 3.65. The van der Waals surface area contributed by atoms with Gasteiger partial charge in [0, 0.05) is 25.6 Å². The van der Waals surface area contributed by atoms with Crippen molar-refractivity contribution < 1.29 is 13.2 Å². The van der Waals surface area contributed by atoms with Gasteiger partial charge in [0.1, 0.15) is 0 Å². The van der Waals surface area contributed by atoms with Crippen LogP contribution in [0.15, 0.2) is 12.1 Å². The molecule has 5 heteroatoms. The number of hydrogen-bond acceptors (Lipinski definition) is 2. The lowest BCUT2D eigenvalue weighted by Crippen LogP contribution is -2.42. The van der Waals surface area contributed by atoms with Crippen molar-refractivity contribution in [2.45, 2.75) is 44.3 Å². The number of alkyl halides is 3. The van der Waals surface area contributed by atoms with Gasteiger partial charge in [-0.2, -0.15) is 13.2 Å². The summed E-state index contributed by atoms with van der Waals surface area (Å²) >= 11 is 0. The molecule has 1 aromatic rings. The third-order valence-corrected chi connectivity index (χ3v) is 4.74. The first-order valence-corrected chi connectivity index (χ1v) is 7.61. The number of piperidine rings is 1. The zero-order chi connectivity index (χ0) is 15.2. The number of fused-ring (bicyclic) bond motifs is 3. The van der Waals surface area contributed by atoms with Gasteiger partial charge >= 0.3 is 6.18 Å². The molecule has 116 valence electrons. The summed E-state index contributed by atoms with van der Waals surface area (Å²) in [6, 6.07) is 3.55. The van der Waals surface area contributed by atoms with E-state index in [9.17, 15) is 13.2 Å². The van der Waals surface area contributed by atoms with Crippen molar-refractivity contribution in [3.05, 3.63) is 28.8 Å². The number of likely N-dealkylation sites (N-methyl/N-ethyl adjacent to an activating group) is 1. The molecule has 0 aromatic heterocycles. The topological polar surface area (TPSA) is 15.3 Å².